The molecule has 5 N–H and O–H groups in total. The number of nitrogens with zero attached hydrogens (tertiary/aromatic N) is 2. The van der Waals surface area contributed by atoms with E-state index in [1.54, 1.807) is 35.0 Å². The van der Waals surface area contributed by atoms with Gasteiger partial charge in [-0.1, -0.05) is 23.7 Å². The van der Waals surface area contributed by atoms with E-state index in [2.05, 4.69) is 0 Å². The summed E-state index contributed by atoms with van der Waals surface area (Å²) in [6.45, 7) is 5.79. The number of halogens is 1. The minimum absolute atomic E-state index is 0.0628. The van der Waals surface area contributed by atoms with E-state index in [0.717, 1.165) is 26.6 Å². The maximum absolute atomic E-state index is 11.6. The summed E-state index contributed by atoms with van der Waals surface area (Å²) in [4.78, 5) is 17.5. The number of carbonyl (C=O) groups excluding carboxylic acids is 1. The molecule has 0 unspecified atom stereocenters. The molecule has 3 rings (SSSR count). The van der Waals surface area contributed by atoms with Gasteiger partial charge < -0.3 is 11.5 Å². The summed E-state index contributed by atoms with van der Waals surface area (Å²) in [5, 5.41) is 10.1. The number of hydrogen-bond donors (Lipinski definition) is 3. The van der Waals surface area contributed by atoms with Crippen LogP contribution in [0.15, 0.2) is 29.3 Å². The van der Waals surface area contributed by atoms with Crippen LogP contribution in [0.1, 0.15) is 34.9 Å². The number of benzene rings is 1. The number of amidine groups is 2. The summed E-state index contributed by atoms with van der Waals surface area (Å²) < 4.78 is 1.67. The van der Waals surface area contributed by atoms with Crippen LogP contribution in [-0.4, -0.2) is 33.9 Å². The molecule has 0 saturated heterocycles. The molecule has 0 aliphatic carbocycles. The van der Waals surface area contributed by atoms with Crippen molar-refractivity contribution in [3.05, 3.63) is 50.9 Å². The zero-order valence-corrected chi connectivity index (χ0v) is 16.9. The van der Waals surface area contributed by atoms with E-state index in [4.69, 9.17) is 33.5 Å². The third-order valence-corrected chi connectivity index (χ3v) is 5.96. The fourth-order valence-electron chi connectivity index (χ4n) is 3.09. The van der Waals surface area contributed by atoms with Crippen LogP contribution < -0.4 is 11.5 Å². The highest BCUT2D eigenvalue weighted by atomic mass is 35.5. The van der Waals surface area contributed by atoms with Crippen LogP contribution in [0.4, 0.5) is 5.00 Å². The number of aliphatic imine (C=N–C) groups is 1. The van der Waals surface area contributed by atoms with Gasteiger partial charge in [-0.3, -0.25) is 9.79 Å². The summed E-state index contributed by atoms with van der Waals surface area (Å²) in [7, 11) is 0. The Morgan fingerprint density at radius 1 is 1.30 bits per heavy atom. The maximum atomic E-state index is 11.6. The van der Waals surface area contributed by atoms with E-state index in [0.29, 0.717) is 16.6 Å². The number of thiophene rings is 1. The number of amides is 1. The molecular weight excluding hydrogens is 382 g/mol. The molecule has 1 aliphatic rings. The zero-order valence-electron chi connectivity index (χ0n) is 15.3. The van der Waals surface area contributed by atoms with Crippen molar-refractivity contribution < 1.29 is 9.37 Å². The third-order valence-electron chi connectivity index (χ3n) is 4.51. The van der Waals surface area contributed by atoms with Gasteiger partial charge in [-0.2, -0.15) is 9.98 Å². The van der Waals surface area contributed by atoms with Gasteiger partial charge in [-0.05, 0) is 31.5 Å². The Morgan fingerprint density at radius 2 is 1.93 bits per heavy atom. The van der Waals surface area contributed by atoms with E-state index in [-0.39, 0.29) is 12.3 Å². The average Bonchev–Trinajstić information content (AvgIpc) is 2.80. The number of nitrogens with one attached hydrogen (secondary N) is 1. The topological polar surface area (TPSA) is 108 Å². The maximum Gasteiger partial charge on any atom is 0.260 e. The SMILES string of the molecule is CC(N)=[N+]1C(=N)[C@H](CC(N)=O)N=C(c2ccc(Cl)cc2)c2c1sc(C)c2C. The molecule has 1 aliphatic heterocycles. The smallest absolute Gasteiger partial charge is 0.260 e. The lowest BCUT2D eigenvalue weighted by molar-refractivity contribution is -0.309. The van der Waals surface area contributed by atoms with Crippen LogP contribution in [-0.2, 0) is 4.79 Å². The second kappa shape index (κ2) is 7.25. The van der Waals surface area contributed by atoms with Gasteiger partial charge in [0.2, 0.25) is 5.91 Å². The number of rotatable bonds is 3. The predicted octanol–water partition coefficient (Wildman–Crippen LogP) is 3.11. The molecule has 0 radical (unpaired) electrons. The zero-order chi connectivity index (χ0) is 19.9. The van der Waals surface area contributed by atoms with Crippen LogP contribution in [0.25, 0.3) is 0 Å². The van der Waals surface area contributed by atoms with Crippen molar-refractivity contribution >= 4 is 51.2 Å². The Morgan fingerprint density at radius 3 is 2.48 bits per heavy atom. The van der Waals surface area contributed by atoms with E-state index < -0.39 is 11.9 Å². The summed E-state index contributed by atoms with van der Waals surface area (Å²) in [6.07, 6.45) is -0.0628. The summed E-state index contributed by atoms with van der Waals surface area (Å²) >= 11 is 7.60. The fourth-order valence-corrected chi connectivity index (χ4v) is 4.45. The molecular formula is C19H21ClN5OS+. The molecule has 1 amide bonds. The lowest BCUT2D eigenvalue weighted by Gasteiger charge is -2.11. The number of primary amides is 1. The molecule has 1 aromatic carbocycles. The van der Waals surface area contributed by atoms with Gasteiger partial charge in [0.1, 0.15) is 6.04 Å². The highest BCUT2D eigenvalue weighted by Crippen LogP contribution is 2.39. The standard InChI is InChI=1S/C19H20ClN5OS/c1-9-10(2)27-19-16(9)17(12-4-6-13(20)7-5-12)24-14(8-15(22)26)18(23)25(19)11(3)21/h4-7,14,21,23H,8H2,1-3H3,(H2,22,26)/p+1/t14-/m0/s1. The quantitative estimate of drug-likeness (QED) is 0.541. The van der Waals surface area contributed by atoms with Gasteiger partial charge in [0.15, 0.2) is 10.8 Å². The van der Waals surface area contributed by atoms with Gasteiger partial charge >= 0.3 is 0 Å². The minimum atomic E-state index is -0.717. The van der Waals surface area contributed by atoms with Gasteiger partial charge in [0.25, 0.3) is 5.84 Å². The van der Waals surface area contributed by atoms with Crippen LogP contribution in [0.5, 0.6) is 0 Å². The first-order valence-electron chi connectivity index (χ1n) is 8.40. The lowest BCUT2D eigenvalue weighted by Crippen LogP contribution is -2.35. The molecule has 6 nitrogen and oxygen atoms in total. The Hall–Kier alpha value is -2.51. The van der Waals surface area contributed by atoms with E-state index in [1.807, 2.05) is 26.0 Å². The first-order chi connectivity index (χ1) is 12.7. The van der Waals surface area contributed by atoms with Crippen molar-refractivity contribution in [2.75, 3.05) is 0 Å². The largest absolute Gasteiger partial charge is 0.370 e. The van der Waals surface area contributed by atoms with Gasteiger partial charge in [0, 0.05) is 22.4 Å². The summed E-state index contributed by atoms with van der Waals surface area (Å²) in [6, 6.07) is 6.65. The molecule has 140 valence electrons. The van der Waals surface area contributed by atoms with E-state index in [1.165, 1.54) is 0 Å². The Bertz CT molecular complexity index is 1000. The molecule has 1 aromatic heterocycles. The second-order valence-electron chi connectivity index (χ2n) is 6.50. The molecule has 0 bridgehead atoms. The Balaban J connectivity index is 2.35. The van der Waals surface area contributed by atoms with Crippen molar-refractivity contribution in [3.63, 3.8) is 0 Å². The van der Waals surface area contributed by atoms with Crippen LogP contribution in [0.2, 0.25) is 5.02 Å². The average molecular weight is 403 g/mol. The molecule has 0 fully saturated rings. The van der Waals surface area contributed by atoms with Gasteiger partial charge in [-0.25, -0.2) is 0 Å². The lowest BCUT2D eigenvalue weighted by atomic mass is 10.00. The molecule has 0 saturated carbocycles. The highest BCUT2D eigenvalue weighted by molar-refractivity contribution is 7.16. The minimum Gasteiger partial charge on any atom is -0.370 e. The fraction of sp³-hybridized carbons (Fsp3) is 0.263. The van der Waals surface area contributed by atoms with E-state index in [9.17, 15) is 4.79 Å². The number of hydrogen-bond acceptors (Lipinski definition) is 4. The first kappa shape index (κ1) is 19.3. The summed E-state index contributed by atoms with van der Waals surface area (Å²) in [5.41, 5.74) is 15.1. The number of nitrogens with two attached hydrogens (primary N) is 2. The molecule has 1 atom stereocenters. The molecule has 2 aromatic rings. The van der Waals surface area contributed by atoms with Crippen molar-refractivity contribution in [2.24, 2.45) is 16.5 Å². The molecule has 0 spiro atoms. The normalized spacial score (nSPS) is 18.6. The van der Waals surface area contributed by atoms with Crippen LogP contribution in [0.3, 0.4) is 0 Å². The van der Waals surface area contributed by atoms with Crippen molar-refractivity contribution in [1.29, 1.82) is 5.41 Å². The number of aryl methyl sites for hydroxylation is 1. The number of fused-ring (bicyclic) bond motifs is 1. The van der Waals surface area contributed by atoms with Gasteiger partial charge in [-0.15, -0.1) is 11.3 Å². The van der Waals surface area contributed by atoms with Crippen molar-refractivity contribution in [2.45, 2.75) is 33.2 Å². The van der Waals surface area contributed by atoms with E-state index >= 15 is 0 Å². The Kier molecular flexibility index (Phi) is 5.17. The Labute approximate surface area is 166 Å². The van der Waals surface area contributed by atoms with Gasteiger partial charge in [0.05, 0.1) is 17.7 Å². The van der Waals surface area contributed by atoms with Crippen LogP contribution in [0, 0.1) is 19.3 Å². The monoisotopic (exact) mass is 402 g/mol. The van der Waals surface area contributed by atoms with Crippen molar-refractivity contribution in [1.82, 2.24) is 0 Å². The molecule has 8 heteroatoms. The highest BCUT2D eigenvalue weighted by Gasteiger charge is 2.35. The molecule has 2 heterocycles. The second-order valence-corrected chi connectivity index (χ2v) is 8.14. The first-order valence-corrected chi connectivity index (χ1v) is 9.60. The van der Waals surface area contributed by atoms with Crippen LogP contribution >= 0.6 is 22.9 Å². The van der Waals surface area contributed by atoms with Crippen molar-refractivity contribution in [3.8, 4) is 0 Å². The number of carbonyl (C=O) groups is 1. The third kappa shape index (κ3) is 3.52. The predicted molar refractivity (Wildman–Crippen MR) is 111 cm³/mol. The molecule has 27 heavy (non-hydrogen) atoms. The summed E-state index contributed by atoms with van der Waals surface area (Å²) in [5.74, 6) is 0.0709.